The molecule has 1 fully saturated rings. The van der Waals surface area contributed by atoms with Gasteiger partial charge in [0.1, 0.15) is 17.3 Å². The normalized spacial score (nSPS) is 13.3. The molecule has 0 atom stereocenters. The number of nitrogens with zero attached hydrogens (tertiary/aromatic N) is 5. The van der Waals surface area contributed by atoms with Gasteiger partial charge < -0.3 is 14.4 Å². The molecule has 1 aliphatic carbocycles. The third-order valence-corrected chi connectivity index (χ3v) is 5.64. The highest BCUT2D eigenvalue weighted by Crippen LogP contribution is 2.30. The zero-order chi connectivity index (χ0) is 21.8. The van der Waals surface area contributed by atoms with Crippen LogP contribution in [0.3, 0.4) is 0 Å². The second kappa shape index (κ2) is 9.29. The lowest BCUT2D eigenvalue weighted by Gasteiger charge is -2.23. The van der Waals surface area contributed by atoms with Gasteiger partial charge in [0.25, 0.3) is 5.91 Å². The van der Waals surface area contributed by atoms with Gasteiger partial charge in [-0.15, -0.1) is 0 Å². The summed E-state index contributed by atoms with van der Waals surface area (Å²) in [6.45, 7) is 7.17. The predicted octanol–water partition coefficient (Wildman–Crippen LogP) is 4.52. The molecule has 1 saturated carbocycles. The first-order chi connectivity index (χ1) is 15.1. The Balaban J connectivity index is 1.57. The minimum Gasteiger partial charge on any atom is -0.357 e. The second-order valence-corrected chi connectivity index (χ2v) is 7.96. The minimum absolute atomic E-state index is 0.214. The van der Waals surface area contributed by atoms with Crippen LogP contribution in [0.15, 0.2) is 55.1 Å². The molecule has 1 aromatic carbocycles. The molecule has 0 unspecified atom stereocenters. The number of benzene rings is 1. The number of pyridine rings is 1. The summed E-state index contributed by atoms with van der Waals surface area (Å²) in [6.07, 6.45) is 7.79. The van der Waals surface area contributed by atoms with Crippen molar-refractivity contribution in [2.24, 2.45) is 5.92 Å². The predicted molar refractivity (Wildman–Crippen MR) is 120 cm³/mol. The second-order valence-electron chi connectivity index (χ2n) is 7.96. The van der Waals surface area contributed by atoms with Crippen molar-refractivity contribution < 1.29 is 9.18 Å². The molecular formula is C24H28FN5O. The van der Waals surface area contributed by atoms with Gasteiger partial charge in [0, 0.05) is 37.7 Å². The van der Waals surface area contributed by atoms with Crippen molar-refractivity contribution in [3.05, 3.63) is 72.2 Å². The van der Waals surface area contributed by atoms with Crippen LogP contribution in [-0.2, 0) is 13.1 Å². The molecule has 0 aliphatic heterocycles. The van der Waals surface area contributed by atoms with Crippen LogP contribution < -0.4 is 9.80 Å². The Morgan fingerprint density at radius 1 is 1.10 bits per heavy atom. The van der Waals surface area contributed by atoms with Crippen LogP contribution in [0.25, 0.3) is 0 Å². The molecule has 1 amide bonds. The number of hydrogen-bond acceptors (Lipinski definition) is 4. The summed E-state index contributed by atoms with van der Waals surface area (Å²) in [6, 6.07) is 9.92. The lowest BCUT2D eigenvalue weighted by atomic mass is 10.2. The fourth-order valence-corrected chi connectivity index (χ4v) is 3.64. The van der Waals surface area contributed by atoms with E-state index in [0.717, 1.165) is 31.0 Å². The summed E-state index contributed by atoms with van der Waals surface area (Å²) < 4.78 is 15.5. The maximum absolute atomic E-state index is 13.5. The first-order valence-electron chi connectivity index (χ1n) is 10.9. The van der Waals surface area contributed by atoms with Gasteiger partial charge in [-0.1, -0.05) is 6.07 Å². The summed E-state index contributed by atoms with van der Waals surface area (Å²) in [5, 5.41) is 0. The number of rotatable bonds is 9. The van der Waals surface area contributed by atoms with Crippen LogP contribution in [0.2, 0.25) is 0 Å². The van der Waals surface area contributed by atoms with Gasteiger partial charge in [-0.25, -0.2) is 14.4 Å². The number of aromatic nitrogens is 3. The Hall–Kier alpha value is -3.22. The van der Waals surface area contributed by atoms with Gasteiger partial charge in [-0.05, 0) is 68.5 Å². The summed E-state index contributed by atoms with van der Waals surface area (Å²) in [4.78, 5) is 26.0. The molecule has 162 valence electrons. The van der Waals surface area contributed by atoms with Gasteiger partial charge in [0.15, 0.2) is 0 Å². The van der Waals surface area contributed by atoms with Crippen LogP contribution in [-0.4, -0.2) is 33.5 Å². The van der Waals surface area contributed by atoms with Gasteiger partial charge in [-0.2, -0.15) is 0 Å². The highest BCUT2D eigenvalue weighted by atomic mass is 19.1. The van der Waals surface area contributed by atoms with E-state index in [2.05, 4.69) is 28.7 Å². The van der Waals surface area contributed by atoms with Crippen LogP contribution in [0, 0.1) is 11.7 Å². The van der Waals surface area contributed by atoms with E-state index in [-0.39, 0.29) is 11.7 Å². The van der Waals surface area contributed by atoms with E-state index in [1.54, 1.807) is 35.8 Å². The van der Waals surface area contributed by atoms with E-state index in [4.69, 9.17) is 0 Å². The Bertz CT molecular complexity index is 1010. The van der Waals surface area contributed by atoms with E-state index in [1.807, 2.05) is 16.7 Å². The largest absolute Gasteiger partial charge is 0.357 e. The maximum atomic E-state index is 13.5. The van der Waals surface area contributed by atoms with Crippen LogP contribution >= 0.6 is 0 Å². The molecule has 0 radical (unpaired) electrons. The molecule has 6 nitrogen and oxygen atoms in total. The molecule has 4 rings (SSSR count). The van der Waals surface area contributed by atoms with Gasteiger partial charge in [0.05, 0.1) is 12.9 Å². The smallest absolute Gasteiger partial charge is 0.278 e. The molecule has 0 spiro atoms. The van der Waals surface area contributed by atoms with Crippen LogP contribution in [0.5, 0.6) is 0 Å². The number of hydrogen-bond donors (Lipinski definition) is 0. The van der Waals surface area contributed by atoms with Crippen LogP contribution in [0.4, 0.5) is 15.9 Å². The fourth-order valence-electron chi connectivity index (χ4n) is 3.64. The fraction of sp³-hybridized carbons (Fsp3) is 0.375. The molecule has 2 heterocycles. The number of carbonyl (C=O) groups is 1. The van der Waals surface area contributed by atoms with Gasteiger partial charge in [-0.3, -0.25) is 4.79 Å². The topological polar surface area (TPSA) is 54.3 Å². The number of carbonyl (C=O) groups excluding carboxylic acids is 1. The first-order valence-corrected chi connectivity index (χ1v) is 10.9. The zero-order valence-electron chi connectivity index (χ0n) is 18.0. The average Bonchev–Trinajstić information content (AvgIpc) is 3.48. The molecule has 31 heavy (non-hydrogen) atoms. The van der Waals surface area contributed by atoms with E-state index >= 15 is 0 Å². The monoisotopic (exact) mass is 421 g/mol. The number of anilines is 2. The van der Waals surface area contributed by atoms with Crippen molar-refractivity contribution in [3.63, 3.8) is 0 Å². The van der Waals surface area contributed by atoms with Gasteiger partial charge in [0.2, 0.25) is 0 Å². The summed E-state index contributed by atoms with van der Waals surface area (Å²) >= 11 is 0. The van der Waals surface area contributed by atoms with Crippen molar-refractivity contribution in [3.8, 4) is 0 Å². The average molecular weight is 422 g/mol. The van der Waals surface area contributed by atoms with Crippen molar-refractivity contribution in [1.82, 2.24) is 14.5 Å². The maximum Gasteiger partial charge on any atom is 0.278 e. The molecule has 0 bridgehead atoms. The third kappa shape index (κ3) is 5.10. The minimum atomic E-state index is -0.338. The summed E-state index contributed by atoms with van der Waals surface area (Å²) in [5.41, 5.74) is 1.90. The van der Waals surface area contributed by atoms with E-state index in [0.29, 0.717) is 23.8 Å². The SMILES string of the molecule is CCN(CC)c1ccc(CN(C(=O)c2cn(CC3CC3)cn2)c2ccc(F)cc2)cn1. The molecule has 3 aromatic rings. The highest BCUT2D eigenvalue weighted by Gasteiger charge is 2.24. The van der Waals surface area contributed by atoms with Crippen molar-refractivity contribution in [2.45, 2.75) is 39.8 Å². The number of imidazole rings is 1. The van der Waals surface area contributed by atoms with Crippen molar-refractivity contribution >= 4 is 17.4 Å². The zero-order valence-corrected chi connectivity index (χ0v) is 18.0. The number of halogens is 1. The molecule has 0 saturated heterocycles. The molecule has 0 N–H and O–H groups in total. The summed E-state index contributed by atoms with van der Waals surface area (Å²) in [5.74, 6) is 1.05. The molecule has 7 heteroatoms. The Morgan fingerprint density at radius 3 is 2.45 bits per heavy atom. The quantitative estimate of drug-likeness (QED) is 0.510. The highest BCUT2D eigenvalue weighted by molar-refractivity contribution is 6.04. The van der Waals surface area contributed by atoms with E-state index < -0.39 is 0 Å². The van der Waals surface area contributed by atoms with E-state index in [1.165, 1.54) is 25.0 Å². The summed E-state index contributed by atoms with van der Waals surface area (Å²) in [7, 11) is 0. The van der Waals surface area contributed by atoms with E-state index in [9.17, 15) is 9.18 Å². The van der Waals surface area contributed by atoms with Crippen molar-refractivity contribution in [1.29, 1.82) is 0 Å². The first kappa shape index (κ1) is 21.0. The molecule has 2 aromatic heterocycles. The lowest BCUT2D eigenvalue weighted by molar-refractivity contribution is 0.0980. The Morgan fingerprint density at radius 2 is 1.84 bits per heavy atom. The standard InChI is InChI=1S/C24H28FN5O/c1-3-29(4-2)23-12-7-19(13-26-23)15-30(21-10-8-20(25)9-11-21)24(31)22-16-28(17-27-22)14-18-5-6-18/h7-13,16-18H,3-6,14-15H2,1-2H3. The Labute approximate surface area is 182 Å². The number of amides is 1. The molecular weight excluding hydrogens is 393 g/mol. The van der Waals surface area contributed by atoms with Crippen molar-refractivity contribution in [2.75, 3.05) is 22.9 Å². The molecule has 1 aliphatic rings. The lowest BCUT2D eigenvalue weighted by Crippen LogP contribution is -2.31. The van der Waals surface area contributed by atoms with Crippen LogP contribution in [0.1, 0.15) is 42.7 Å². The van der Waals surface area contributed by atoms with Gasteiger partial charge >= 0.3 is 0 Å². The third-order valence-electron chi connectivity index (χ3n) is 5.64. The Kier molecular flexibility index (Phi) is 6.30.